The van der Waals surface area contributed by atoms with E-state index in [1.165, 1.54) is 10.9 Å². The first kappa shape index (κ1) is 16.8. The predicted octanol–water partition coefficient (Wildman–Crippen LogP) is 4.34. The number of aliphatic imine (C=N–C) groups is 1. The Hall–Kier alpha value is -2.52. The van der Waals surface area contributed by atoms with Crippen LogP contribution in [0.4, 0.5) is 5.69 Å². The van der Waals surface area contributed by atoms with Gasteiger partial charge < -0.3 is 10.6 Å². The van der Waals surface area contributed by atoms with Gasteiger partial charge in [-0.05, 0) is 17.0 Å². The summed E-state index contributed by atoms with van der Waals surface area (Å²) in [4.78, 5) is 6.56. The summed E-state index contributed by atoms with van der Waals surface area (Å²) in [5.74, 6) is 0.514. The van der Waals surface area contributed by atoms with Crippen molar-refractivity contribution in [3.8, 4) is 0 Å². The fourth-order valence-electron chi connectivity index (χ4n) is 2.45. The molecule has 0 bridgehead atoms. The van der Waals surface area contributed by atoms with Crippen molar-refractivity contribution in [2.75, 3.05) is 7.05 Å². The Bertz CT molecular complexity index is 795. The van der Waals surface area contributed by atoms with Crippen LogP contribution >= 0.6 is 12.4 Å². The zero-order chi connectivity index (χ0) is 15.4. The molecule has 0 amide bonds. The van der Waals surface area contributed by atoms with Crippen molar-refractivity contribution in [2.45, 2.75) is 6.54 Å². The van der Waals surface area contributed by atoms with Gasteiger partial charge >= 0.3 is 0 Å². The normalized spacial score (nSPS) is 11.1. The van der Waals surface area contributed by atoms with Crippen molar-refractivity contribution in [3.63, 3.8) is 0 Å². The molecule has 2 N–H and O–H groups in total. The van der Waals surface area contributed by atoms with Gasteiger partial charge in [0.25, 0.3) is 0 Å². The Morgan fingerprint density at radius 3 is 2.35 bits per heavy atom. The first-order valence-corrected chi connectivity index (χ1v) is 7.31. The lowest BCUT2D eigenvalue weighted by Crippen LogP contribution is -2.33. The first-order valence-electron chi connectivity index (χ1n) is 7.31. The molecule has 0 spiro atoms. The van der Waals surface area contributed by atoms with Gasteiger partial charge in [0, 0.05) is 19.0 Å². The topological polar surface area (TPSA) is 41.6 Å². The van der Waals surface area contributed by atoms with Crippen LogP contribution < -0.4 is 5.73 Å². The minimum atomic E-state index is 0. The van der Waals surface area contributed by atoms with Gasteiger partial charge in [-0.3, -0.25) is 0 Å². The summed E-state index contributed by atoms with van der Waals surface area (Å²) in [6.45, 7) is 0.737. The average Bonchev–Trinajstić information content (AvgIpc) is 2.56. The molecule has 3 aromatic rings. The quantitative estimate of drug-likeness (QED) is 0.575. The Morgan fingerprint density at radius 2 is 1.57 bits per heavy atom. The van der Waals surface area contributed by atoms with Crippen LogP contribution in [0.3, 0.4) is 0 Å². The van der Waals surface area contributed by atoms with E-state index in [0.29, 0.717) is 5.96 Å². The second-order valence-corrected chi connectivity index (χ2v) is 5.31. The molecule has 0 aliphatic heterocycles. The van der Waals surface area contributed by atoms with Crippen LogP contribution in [0.5, 0.6) is 0 Å². The Balaban J connectivity index is 0.00000192. The van der Waals surface area contributed by atoms with Crippen LogP contribution in [-0.2, 0) is 6.54 Å². The Labute approximate surface area is 142 Å². The lowest BCUT2D eigenvalue weighted by Gasteiger charge is -2.18. The molecule has 0 saturated carbocycles. The van der Waals surface area contributed by atoms with E-state index in [4.69, 9.17) is 5.73 Å². The van der Waals surface area contributed by atoms with Gasteiger partial charge in [0.2, 0.25) is 0 Å². The maximum absolute atomic E-state index is 6.16. The number of fused-ring (bicyclic) bond motifs is 1. The van der Waals surface area contributed by atoms with Crippen LogP contribution in [-0.4, -0.2) is 17.9 Å². The summed E-state index contributed by atoms with van der Waals surface area (Å²) in [7, 11) is 1.96. The SMILES string of the molecule is CN(Cc1ccccc1)C(N)=Nc1cccc2ccccc12.Cl. The summed E-state index contributed by atoms with van der Waals surface area (Å²) >= 11 is 0. The van der Waals surface area contributed by atoms with Crippen LogP contribution in [0, 0.1) is 0 Å². The third-order valence-electron chi connectivity index (χ3n) is 3.66. The molecular formula is C19H20ClN3. The van der Waals surface area contributed by atoms with E-state index in [1.807, 2.05) is 54.4 Å². The largest absolute Gasteiger partial charge is 0.369 e. The summed E-state index contributed by atoms with van der Waals surface area (Å²) < 4.78 is 0. The predicted molar refractivity (Wildman–Crippen MR) is 100 cm³/mol. The number of hydrogen-bond donors (Lipinski definition) is 1. The smallest absolute Gasteiger partial charge is 0.196 e. The van der Waals surface area contributed by atoms with E-state index in [0.717, 1.165) is 17.6 Å². The third-order valence-corrected chi connectivity index (χ3v) is 3.66. The molecule has 4 heteroatoms. The second kappa shape index (κ2) is 7.65. The van der Waals surface area contributed by atoms with E-state index >= 15 is 0 Å². The summed E-state index contributed by atoms with van der Waals surface area (Å²) in [6.07, 6.45) is 0. The molecule has 3 nitrogen and oxygen atoms in total. The monoisotopic (exact) mass is 325 g/mol. The number of rotatable bonds is 3. The molecule has 0 saturated heterocycles. The van der Waals surface area contributed by atoms with Gasteiger partial charge in [-0.2, -0.15) is 0 Å². The maximum atomic E-state index is 6.16. The zero-order valence-electron chi connectivity index (χ0n) is 13.0. The molecule has 3 aromatic carbocycles. The van der Waals surface area contributed by atoms with Crippen LogP contribution in [0.15, 0.2) is 77.8 Å². The first-order chi connectivity index (χ1) is 10.7. The number of halogens is 1. The zero-order valence-corrected chi connectivity index (χ0v) is 13.8. The van der Waals surface area contributed by atoms with E-state index in [-0.39, 0.29) is 12.4 Å². The Morgan fingerprint density at radius 1 is 0.913 bits per heavy atom. The average molecular weight is 326 g/mol. The second-order valence-electron chi connectivity index (χ2n) is 5.31. The van der Waals surface area contributed by atoms with Gasteiger partial charge in [-0.1, -0.05) is 66.7 Å². The van der Waals surface area contributed by atoms with Gasteiger partial charge in [0.05, 0.1) is 5.69 Å². The molecular weight excluding hydrogens is 306 g/mol. The Kier molecular flexibility index (Phi) is 5.61. The molecule has 0 atom stereocenters. The van der Waals surface area contributed by atoms with Crippen molar-refractivity contribution in [1.82, 2.24) is 4.90 Å². The molecule has 0 aliphatic carbocycles. The molecule has 0 aromatic heterocycles. The van der Waals surface area contributed by atoms with Gasteiger partial charge in [0.1, 0.15) is 0 Å². The molecule has 3 rings (SSSR count). The van der Waals surface area contributed by atoms with E-state index in [2.05, 4.69) is 35.3 Å². The molecule has 118 valence electrons. The number of nitrogens with two attached hydrogens (primary N) is 1. The van der Waals surface area contributed by atoms with Crippen molar-refractivity contribution < 1.29 is 0 Å². The molecule has 0 heterocycles. The number of nitrogens with zero attached hydrogens (tertiary/aromatic N) is 2. The number of hydrogen-bond acceptors (Lipinski definition) is 1. The van der Waals surface area contributed by atoms with Crippen molar-refractivity contribution >= 4 is 34.8 Å². The minimum Gasteiger partial charge on any atom is -0.369 e. The van der Waals surface area contributed by atoms with Crippen LogP contribution in [0.25, 0.3) is 10.8 Å². The molecule has 0 unspecified atom stereocenters. The van der Waals surface area contributed by atoms with Crippen LogP contribution in [0.2, 0.25) is 0 Å². The lowest BCUT2D eigenvalue weighted by molar-refractivity contribution is 0.495. The van der Waals surface area contributed by atoms with Gasteiger partial charge in [0.15, 0.2) is 5.96 Å². The van der Waals surface area contributed by atoms with Crippen molar-refractivity contribution in [2.24, 2.45) is 10.7 Å². The highest BCUT2D eigenvalue weighted by molar-refractivity contribution is 5.95. The van der Waals surface area contributed by atoms with E-state index in [9.17, 15) is 0 Å². The number of guanidine groups is 1. The molecule has 0 radical (unpaired) electrons. The van der Waals surface area contributed by atoms with Crippen molar-refractivity contribution in [1.29, 1.82) is 0 Å². The highest BCUT2D eigenvalue weighted by Gasteiger charge is 2.05. The summed E-state index contributed by atoms with van der Waals surface area (Å²) in [5.41, 5.74) is 8.27. The fourth-order valence-corrected chi connectivity index (χ4v) is 2.45. The molecule has 23 heavy (non-hydrogen) atoms. The third kappa shape index (κ3) is 4.02. The van der Waals surface area contributed by atoms with E-state index < -0.39 is 0 Å². The van der Waals surface area contributed by atoms with Crippen molar-refractivity contribution in [3.05, 3.63) is 78.4 Å². The summed E-state index contributed by atoms with van der Waals surface area (Å²) in [6, 6.07) is 24.5. The minimum absolute atomic E-state index is 0. The summed E-state index contributed by atoms with van der Waals surface area (Å²) in [5, 5.41) is 2.28. The van der Waals surface area contributed by atoms with Crippen LogP contribution in [0.1, 0.15) is 5.56 Å². The maximum Gasteiger partial charge on any atom is 0.196 e. The fraction of sp³-hybridized carbons (Fsp3) is 0.105. The molecule has 0 aliphatic rings. The number of benzene rings is 3. The van der Waals surface area contributed by atoms with Gasteiger partial charge in [-0.25, -0.2) is 4.99 Å². The molecule has 0 fully saturated rings. The van der Waals surface area contributed by atoms with Gasteiger partial charge in [-0.15, -0.1) is 12.4 Å². The highest BCUT2D eigenvalue weighted by Crippen LogP contribution is 2.25. The standard InChI is InChI=1S/C19H19N3.ClH/c1-22(14-15-8-3-2-4-9-15)19(20)21-18-13-7-11-16-10-5-6-12-17(16)18;/h2-13H,14H2,1H3,(H2,20,21);1H. The van der Waals surface area contributed by atoms with E-state index in [1.54, 1.807) is 0 Å². The highest BCUT2D eigenvalue weighted by atomic mass is 35.5. The lowest BCUT2D eigenvalue weighted by atomic mass is 10.1.